The summed E-state index contributed by atoms with van der Waals surface area (Å²) in [4.78, 5) is 12.2. The first-order valence-corrected chi connectivity index (χ1v) is 6.86. The van der Waals surface area contributed by atoms with Gasteiger partial charge in [0.25, 0.3) is 5.91 Å². The van der Waals surface area contributed by atoms with Crippen molar-refractivity contribution in [3.05, 3.63) is 22.0 Å². The van der Waals surface area contributed by atoms with Gasteiger partial charge in [-0.1, -0.05) is 25.2 Å². The molecule has 0 radical (unpaired) electrons. The number of aryl methyl sites for hydroxylation is 2. The fourth-order valence-corrected chi connectivity index (χ4v) is 2.52. The lowest BCUT2D eigenvalue weighted by molar-refractivity contribution is 0.102. The van der Waals surface area contributed by atoms with Crippen LogP contribution in [0.5, 0.6) is 0 Å². The average molecular weight is 279 g/mol. The molecular formula is C12H17N5OS. The molecule has 1 N–H and O–H groups in total. The summed E-state index contributed by atoms with van der Waals surface area (Å²) in [6, 6.07) is 0. The largest absolute Gasteiger partial charge is 0.296 e. The van der Waals surface area contributed by atoms with Crippen LogP contribution in [-0.4, -0.2) is 25.9 Å². The zero-order valence-corrected chi connectivity index (χ0v) is 12.5. The second-order valence-corrected chi connectivity index (χ2v) is 5.73. The number of carbonyl (C=O) groups excluding carboxylic acids is 1. The summed E-state index contributed by atoms with van der Waals surface area (Å²) in [5.74, 6) is 0.125. The Bertz CT molecular complexity index is 614. The van der Waals surface area contributed by atoms with E-state index in [1.807, 2.05) is 34.7 Å². The fraction of sp³-hybridized carbons (Fsp3) is 0.500. The molecule has 0 saturated carbocycles. The highest BCUT2D eigenvalue weighted by Gasteiger charge is 2.19. The SMILES string of the molecule is Cc1nn(C)c(C)c1C(=O)Nc1nnc(C(C)C)s1. The van der Waals surface area contributed by atoms with Gasteiger partial charge < -0.3 is 0 Å². The standard InChI is InChI=1S/C12H17N5OS/c1-6(2)11-14-15-12(19-11)13-10(18)9-7(3)16-17(5)8(9)4/h6H,1-5H3,(H,13,15,18). The van der Waals surface area contributed by atoms with Gasteiger partial charge in [-0.2, -0.15) is 5.10 Å². The van der Waals surface area contributed by atoms with E-state index in [0.717, 1.165) is 10.7 Å². The Kier molecular flexibility index (Phi) is 3.66. The number of carbonyl (C=O) groups is 1. The van der Waals surface area contributed by atoms with Crippen molar-refractivity contribution >= 4 is 22.4 Å². The van der Waals surface area contributed by atoms with Crippen LogP contribution in [-0.2, 0) is 7.05 Å². The van der Waals surface area contributed by atoms with Crippen molar-refractivity contribution < 1.29 is 4.79 Å². The number of nitrogens with zero attached hydrogens (tertiary/aromatic N) is 4. The minimum atomic E-state index is -0.186. The van der Waals surface area contributed by atoms with Crippen molar-refractivity contribution in [2.45, 2.75) is 33.6 Å². The van der Waals surface area contributed by atoms with Crippen LogP contribution < -0.4 is 5.32 Å². The van der Waals surface area contributed by atoms with Crippen LogP contribution in [0.4, 0.5) is 5.13 Å². The van der Waals surface area contributed by atoms with E-state index in [1.165, 1.54) is 11.3 Å². The summed E-state index contributed by atoms with van der Waals surface area (Å²) in [6.45, 7) is 7.78. The second kappa shape index (κ2) is 5.08. The highest BCUT2D eigenvalue weighted by molar-refractivity contribution is 7.15. The van der Waals surface area contributed by atoms with E-state index in [0.29, 0.717) is 22.3 Å². The summed E-state index contributed by atoms with van der Waals surface area (Å²) < 4.78 is 1.70. The lowest BCUT2D eigenvalue weighted by atomic mass is 10.2. The summed E-state index contributed by atoms with van der Waals surface area (Å²) in [5, 5.41) is 16.5. The molecule has 2 aromatic rings. The summed E-state index contributed by atoms with van der Waals surface area (Å²) >= 11 is 1.40. The van der Waals surface area contributed by atoms with Crippen LogP contribution in [0.15, 0.2) is 0 Å². The van der Waals surface area contributed by atoms with E-state index < -0.39 is 0 Å². The van der Waals surface area contributed by atoms with E-state index in [1.54, 1.807) is 4.68 Å². The van der Waals surface area contributed by atoms with E-state index in [-0.39, 0.29) is 5.91 Å². The van der Waals surface area contributed by atoms with Gasteiger partial charge in [0.2, 0.25) is 5.13 Å². The maximum absolute atomic E-state index is 12.2. The number of rotatable bonds is 3. The Balaban J connectivity index is 2.21. The molecule has 1 amide bonds. The van der Waals surface area contributed by atoms with Gasteiger partial charge in [0.1, 0.15) is 5.01 Å². The highest BCUT2D eigenvalue weighted by Crippen LogP contribution is 2.23. The maximum Gasteiger partial charge on any atom is 0.261 e. The minimum Gasteiger partial charge on any atom is -0.296 e. The van der Waals surface area contributed by atoms with Gasteiger partial charge in [0, 0.05) is 18.7 Å². The molecule has 0 aromatic carbocycles. The lowest BCUT2D eigenvalue weighted by Gasteiger charge is -2.01. The molecule has 7 heteroatoms. The zero-order valence-electron chi connectivity index (χ0n) is 11.7. The molecule has 0 spiro atoms. The smallest absolute Gasteiger partial charge is 0.261 e. The monoisotopic (exact) mass is 279 g/mol. The first-order valence-electron chi connectivity index (χ1n) is 6.05. The van der Waals surface area contributed by atoms with Gasteiger partial charge in [0.05, 0.1) is 11.3 Å². The first-order chi connectivity index (χ1) is 8.90. The average Bonchev–Trinajstić information content (AvgIpc) is 2.85. The Morgan fingerprint density at radius 3 is 2.47 bits per heavy atom. The molecule has 19 heavy (non-hydrogen) atoms. The van der Waals surface area contributed by atoms with Crippen molar-refractivity contribution in [2.75, 3.05) is 5.32 Å². The molecule has 0 fully saturated rings. The van der Waals surface area contributed by atoms with Crippen molar-refractivity contribution in [1.29, 1.82) is 0 Å². The maximum atomic E-state index is 12.2. The molecule has 0 aliphatic rings. The third-order valence-electron chi connectivity index (χ3n) is 2.89. The van der Waals surface area contributed by atoms with Gasteiger partial charge >= 0.3 is 0 Å². The van der Waals surface area contributed by atoms with Crippen LogP contribution >= 0.6 is 11.3 Å². The van der Waals surface area contributed by atoms with Crippen molar-refractivity contribution in [3.63, 3.8) is 0 Å². The fourth-order valence-electron chi connectivity index (χ4n) is 1.78. The summed E-state index contributed by atoms with van der Waals surface area (Å²) in [6.07, 6.45) is 0. The number of anilines is 1. The molecule has 2 heterocycles. The molecular weight excluding hydrogens is 262 g/mol. The van der Waals surface area contributed by atoms with Crippen molar-refractivity contribution in [2.24, 2.45) is 7.05 Å². The molecule has 2 aromatic heterocycles. The Morgan fingerprint density at radius 1 is 1.32 bits per heavy atom. The van der Waals surface area contributed by atoms with Gasteiger partial charge in [0.15, 0.2) is 0 Å². The third kappa shape index (κ3) is 2.65. The Morgan fingerprint density at radius 2 is 2.00 bits per heavy atom. The van der Waals surface area contributed by atoms with Crippen molar-refractivity contribution in [3.8, 4) is 0 Å². The van der Waals surface area contributed by atoms with Gasteiger partial charge in [-0.15, -0.1) is 10.2 Å². The van der Waals surface area contributed by atoms with E-state index in [4.69, 9.17) is 0 Å². The van der Waals surface area contributed by atoms with Crippen LogP contribution in [0.1, 0.15) is 46.5 Å². The number of aromatic nitrogens is 4. The minimum absolute atomic E-state index is 0.186. The molecule has 0 saturated heterocycles. The van der Waals surface area contributed by atoms with Gasteiger partial charge in [-0.05, 0) is 13.8 Å². The summed E-state index contributed by atoms with van der Waals surface area (Å²) in [5.41, 5.74) is 2.15. The predicted octanol–water partition coefficient (Wildman–Crippen LogP) is 2.26. The van der Waals surface area contributed by atoms with Crippen molar-refractivity contribution in [1.82, 2.24) is 20.0 Å². The topological polar surface area (TPSA) is 72.7 Å². The number of amides is 1. The lowest BCUT2D eigenvalue weighted by Crippen LogP contribution is -2.13. The van der Waals surface area contributed by atoms with Crippen LogP contribution in [0.3, 0.4) is 0 Å². The Hall–Kier alpha value is -1.76. The second-order valence-electron chi connectivity index (χ2n) is 4.72. The van der Waals surface area contributed by atoms with E-state index >= 15 is 0 Å². The molecule has 2 rings (SSSR count). The zero-order chi connectivity index (χ0) is 14.2. The normalized spacial score (nSPS) is 11.1. The van der Waals surface area contributed by atoms with E-state index in [9.17, 15) is 4.79 Å². The first kappa shape index (κ1) is 13.7. The highest BCUT2D eigenvalue weighted by atomic mass is 32.1. The quantitative estimate of drug-likeness (QED) is 0.935. The number of hydrogen-bond acceptors (Lipinski definition) is 5. The van der Waals surface area contributed by atoms with Gasteiger partial charge in [-0.25, -0.2) is 0 Å². The molecule has 0 aliphatic heterocycles. The molecule has 0 bridgehead atoms. The molecule has 0 atom stereocenters. The summed E-state index contributed by atoms with van der Waals surface area (Å²) in [7, 11) is 1.82. The van der Waals surface area contributed by atoms with Crippen LogP contribution in [0.2, 0.25) is 0 Å². The van der Waals surface area contributed by atoms with Crippen LogP contribution in [0, 0.1) is 13.8 Å². The van der Waals surface area contributed by atoms with E-state index in [2.05, 4.69) is 20.6 Å². The molecule has 0 unspecified atom stereocenters. The van der Waals surface area contributed by atoms with Gasteiger partial charge in [-0.3, -0.25) is 14.8 Å². The molecule has 102 valence electrons. The van der Waals surface area contributed by atoms with Crippen LogP contribution in [0.25, 0.3) is 0 Å². The molecule has 0 aliphatic carbocycles. The third-order valence-corrected chi connectivity index (χ3v) is 4.03. The number of hydrogen-bond donors (Lipinski definition) is 1. The molecule has 6 nitrogen and oxygen atoms in total. The Labute approximate surface area is 115 Å². The predicted molar refractivity (Wildman–Crippen MR) is 74.6 cm³/mol. The number of nitrogens with one attached hydrogen (secondary N) is 1.